The molecule has 0 nitrogen and oxygen atoms in total. The second-order valence-electron chi connectivity index (χ2n) is 10.1. The highest BCUT2D eigenvalue weighted by molar-refractivity contribution is 6.04. The van der Waals surface area contributed by atoms with Gasteiger partial charge >= 0.3 is 0 Å². The van der Waals surface area contributed by atoms with Crippen LogP contribution in [-0.4, -0.2) is 0 Å². The van der Waals surface area contributed by atoms with Gasteiger partial charge in [0.2, 0.25) is 0 Å². The largest absolute Gasteiger partial charge is 0.0625 e. The van der Waals surface area contributed by atoms with Crippen LogP contribution in [0, 0.1) is 5.92 Å². The molecule has 5 aromatic carbocycles. The van der Waals surface area contributed by atoms with E-state index in [1.807, 2.05) is 0 Å². The van der Waals surface area contributed by atoms with Crippen LogP contribution in [0.2, 0.25) is 0 Å². The Bertz CT molecular complexity index is 1340. The molecule has 6 rings (SSSR count). The van der Waals surface area contributed by atoms with Crippen molar-refractivity contribution in [3.05, 3.63) is 132 Å². The van der Waals surface area contributed by atoms with E-state index >= 15 is 0 Å². The summed E-state index contributed by atoms with van der Waals surface area (Å²) < 4.78 is 0. The molecule has 1 aliphatic carbocycles. The normalized spacial score (nSPS) is 13.7. The van der Waals surface area contributed by atoms with Crippen LogP contribution in [0.25, 0.3) is 44.5 Å². The molecular weight excluding hydrogens is 432 g/mol. The van der Waals surface area contributed by atoms with Gasteiger partial charge in [0.1, 0.15) is 0 Å². The van der Waals surface area contributed by atoms with Crippen molar-refractivity contribution in [3.8, 4) is 44.5 Å². The molecule has 1 aliphatic rings. The molecule has 0 aliphatic heterocycles. The van der Waals surface area contributed by atoms with Crippen LogP contribution < -0.4 is 0 Å². The summed E-state index contributed by atoms with van der Waals surface area (Å²) in [6.07, 6.45) is 4.71. The van der Waals surface area contributed by atoms with Gasteiger partial charge in [-0.1, -0.05) is 128 Å². The SMILES string of the molecule is CC1CCc2c(c(-c3ccccc3)c(-c3ccccc3)c(-c3ccccc3)c2-c2ccccc2)CC1. The zero-order valence-corrected chi connectivity index (χ0v) is 21.0. The monoisotopic (exact) mass is 464 g/mol. The predicted molar refractivity (Wildman–Crippen MR) is 154 cm³/mol. The smallest absolute Gasteiger partial charge is 0.00176 e. The van der Waals surface area contributed by atoms with E-state index in [0.29, 0.717) is 0 Å². The summed E-state index contributed by atoms with van der Waals surface area (Å²) in [6.45, 7) is 2.42. The average molecular weight is 465 g/mol. The van der Waals surface area contributed by atoms with Crippen molar-refractivity contribution in [1.82, 2.24) is 0 Å². The Morgan fingerprint density at radius 2 is 0.667 bits per heavy atom. The van der Waals surface area contributed by atoms with Gasteiger partial charge in [-0.15, -0.1) is 0 Å². The third kappa shape index (κ3) is 4.18. The van der Waals surface area contributed by atoms with Crippen LogP contribution in [0.1, 0.15) is 30.9 Å². The summed E-state index contributed by atoms with van der Waals surface area (Å²) in [5, 5.41) is 0. The van der Waals surface area contributed by atoms with E-state index in [2.05, 4.69) is 128 Å². The first kappa shape index (κ1) is 22.6. The number of rotatable bonds is 4. The van der Waals surface area contributed by atoms with Crippen LogP contribution in [0.15, 0.2) is 121 Å². The minimum absolute atomic E-state index is 0.727. The molecule has 0 radical (unpaired) electrons. The summed E-state index contributed by atoms with van der Waals surface area (Å²) in [6, 6.07) is 44.3. The second-order valence-corrected chi connectivity index (χ2v) is 10.1. The minimum Gasteiger partial charge on any atom is -0.0625 e. The molecule has 0 spiro atoms. The van der Waals surface area contributed by atoms with E-state index in [9.17, 15) is 0 Å². The van der Waals surface area contributed by atoms with E-state index < -0.39 is 0 Å². The van der Waals surface area contributed by atoms with E-state index in [0.717, 1.165) is 18.8 Å². The van der Waals surface area contributed by atoms with Crippen molar-refractivity contribution in [2.45, 2.75) is 32.6 Å². The lowest BCUT2D eigenvalue weighted by Crippen LogP contribution is -2.05. The third-order valence-corrected chi connectivity index (χ3v) is 7.74. The van der Waals surface area contributed by atoms with Crippen LogP contribution in [0.5, 0.6) is 0 Å². The van der Waals surface area contributed by atoms with Gasteiger partial charge in [0.05, 0.1) is 0 Å². The Morgan fingerprint density at radius 1 is 0.389 bits per heavy atom. The topological polar surface area (TPSA) is 0 Å². The van der Waals surface area contributed by atoms with Gasteiger partial charge < -0.3 is 0 Å². The quantitative estimate of drug-likeness (QED) is 0.232. The van der Waals surface area contributed by atoms with Gasteiger partial charge in [0.25, 0.3) is 0 Å². The first-order valence-electron chi connectivity index (χ1n) is 13.2. The van der Waals surface area contributed by atoms with Gasteiger partial charge in [0.15, 0.2) is 0 Å². The zero-order chi connectivity index (χ0) is 24.3. The number of hydrogen-bond acceptors (Lipinski definition) is 0. The van der Waals surface area contributed by atoms with Crippen LogP contribution in [0.3, 0.4) is 0 Å². The number of benzene rings is 5. The van der Waals surface area contributed by atoms with Crippen LogP contribution in [-0.2, 0) is 12.8 Å². The van der Waals surface area contributed by atoms with Gasteiger partial charge in [-0.25, -0.2) is 0 Å². The lowest BCUT2D eigenvalue weighted by Gasteiger charge is -2.27. The highest BCUT2D eigenvalue weighted by Crippen LogP contribution is 2.51. The van der Waals surface area contributed by atoms with E-state index in [4.69, 9.17) is 0 Å². The number of hydrogen-bond donors (Lipinski definition) is 0. The average Bonchev–Trinajstić information content (AvgIpc) is 3.15. The number of fused-ring (bicyclic) bond motifs is 1. The predicted octanol–water partition coefficient (Wildman–Crippen LogP) is 9.87. The molecule has 5 aromatic rings. The van der Waals surface area contributed by atoms with Crippen molar-refractivity contribution >= 4 is 0 Å². The third-order valence-electron chi connectivity index (χ3n) is 7.74. The maximum absolute atomic E-state index is 2.42. The van der Waals surface area contributed by atoms with E-state index in [-0.39, 0.29) is 0 Å². The molecule has 0 N–H and O–H groups in total. The van der Waals surface area contributed by atoms with Crippen molar-refractivity contribution in [3.63, 3.8) is 0 Å². The Hall–Kier alpha value is -3.90. The molecule has 0 fully saturated rings. The van der Waals surface area contributed by atoms with Crippen molar-refractivity contribution in [1.29, 1.82) is 0 Å². The minimum atomic E-state index is 0.727. The van der Waals surface area contributed by atoms with Gasteiger partial charge in [-0.05, 0) is 87.2 Å². The summed E-state index contributed by atoms with van der Waals surface area (Å²) in [4.78, 5) is 0. The van der Waals surface area contributed by atoms with Crippen molar-refractivity contribution in [2.75, 3.05) is 0 Å². The van der Waals surface area contributed by atoms with Gasteiger partial charge in [-0.3, -0.25) is 0 Å². The van der Waals surface area contributed by atoms with Crippen LogP contribution >= 0.6 is 0 Å². The fraction of sp³-hybridized carbons (Fsp3) is 0.167. The molecule has 0 heteroatoms. The molecule has 0 saturated carbocycles. The summed E-state index contributed by atoms with van der Waals surface area (Å²) in [7, 11) is 0. The fourth-order valence-corrected chi connectivity index (χ4v) is 5.96. The highest BCUT2D eigenvalue weighted by Gasteiger charge is 2.28. The maximum Gasteiger partial charge on any atom is -0.00176 e. The lowest BCUT2D eigenvalue weighted by molar-refractivity contribution is 0.510. The van der Waals surface area contributed by atoms with Gasteiger partial charge in [0, 0.05) is 0 Å². The van der Waals surface area contributed by atoms with Crippen LogP contribution in [0.4, 0.5) is 0 Å². The first-order valence-corrected chi connectivity index (χ1v) is 13.2. The maximum atomic E-state index is 2.42. The molecule has 0 heterocycles. The summed E-state index contributed by atoms with van der Waals surface area (Å²) in [5.41, 5.74) is 13.9. The lowest BCUT2D eigenvalue weighted by atomic mass is 9.76. The highest BCUT2D eigenvalue weighted by atomic mass is 14.3. The van der Waals surface area contributed by atoms with Gasteiger partial charge in [-0.2, -0.15) is 0 Å². The zero-order valence-electron chi connectivity index (χ0n) is 21.0. The summed E-state index contributed by atoms with van der Waals surface area (Å²) >= 11 is 0. The molecule has 0 amide bonds. The Balaban J connectivity index is 1.84. The molecule has 0 unspecified atom stereocenters. The fourth-order valence-electron chi connectivity index (χ4n) is 5.96. The molecule has 176 valence electrons. The Morgan fingerprint density at radius 3 is 0.972 bits per heavy atom. The van der Waals surface area contributed by atoms with E-state index in [1.165, 1.54) is 57.3 Å². The Kier molecular flexibility index (Phi) is 6.26. The molecule has 0 bridgehead atoms. The molecule has 0 atom stereocenters. The first-order chi connectivity index (χ1) is 17.8. The molecule has 36 heavy (non-hydrogen) atoms. The standard InChI is InChI=1S/C36H32/c1-26-22-24-31-32(25-23-26)34(28-16-8-3-9-17-28)36(30-20-12-5-13-21-30)35(29-18-10-4-11-19-29)33(31)27-14-6-2-7-15-27/h2-21,26H,22-25H2,1H3. The Labute approximate surface area is 215 Å². The molecular formula is C36H32. The molecule has 0 aromatic heterocycles. The summed E-state index contributed by atoms with van der Waals surface area (Å²) in [5.74, 6) is 0.727. The molecule has 0 saturated heterocycles. The van der Waals surface area contributed by atoms with E-state index in [1.54, 1.807) is 11.1 Å². The van der Waals surface area contributed by atoms with Crippen molar-refractivity contribution in [2.24, 2.45) is 5.92 Å². The second kappa shape index (κ2) is 9.99. The van der Waals surface area contributed by atoms with Crippen molar-refractivity contribution < 1.29 is 0 Å².